The predicted molar refractivity (Wildman–Crippen MR) is 91.6 cm³/mol. The summed E-state index contributed by atoms with van der Waals surface area (Å²) in [4.78, 5) is 20.6. The lowest BCUT2D eigenvalue weighted by Crippen LogP contribution is -2.13. The smallest absolute Gasteiger partial charge is 0.258 e. The van der Waals surface area contributed by atoms with Gasteiger partial charge < -0.3 is 5.32 Å². The second-order valence-electron chi connectivity index (χ2n) is 5.17. The maximum atomic E-state index is 12.9. The first-order valence-corrected chi connectivity index (χ1v) is 7.57. The summed E-state index contributed by atoms with van der Waals surface area (Å²) >= 11 is 6.04. The van der Waals surface area contributed by atoms with Crippen LogP contribution in [0.4, 0.5) is 10.1 Å². The standard InChI is InChI=1S/C18H13ClFN3O/c1-11-15(19)3-2-4-16(11)23-18(24)13-9-21-17(22-10-13)12-5-7-14(20)8-6-12/h2-10H,1H3,(H,23,24). The van der Waals surface area contributed by atoms with Gasteiger partial charge in [-0.25, -0.2) is 14.4 Å². The van der Waals surface area contributed by atoms with Gasteiger partial charge >= 0.3 is 0 Å². The molecule has 120 valence electrons. The Balaban J connectivity index is 1.79. The molecule has 0 atom stereocenters. The van der Waals surface area contributed by atoms with Crippen molar-refractivity contribution in [2.24, 2.45) is 0 Å². The van der Waals surface area contributed by atoms with Crippen LogP contribution in [0.2, 0.25) is 5.02 Å². The van der Waals surface area contributed by atoms with Crippen molar-refractivity contribution in [2.75, 3.05) is 5.32 Å². The SMILES string of the molecule is Cc1c(Cl)cccc1NC(=O)c1cnc(-c2ccc(F)cc2)nc1. The van der Waals surface area contributed by atoms with Gasteiger partial charge in [0.25, 0.3) is 5.91 Å². The van der Waals surface area contributed by atoms with Gasteiger partial charge in [0.2, 0.25) is 0 Å². The molecule has 0 aliphatic carbocycles. The first-order chi connectivity index (χ1) is 11.5. The number of benzene rings is 2. The molecule has 24 heavy (non-hydrogen) atoms. The Bertz CT molecular complexity index is 880. The first kappa shape index (κ1) is 16.1. The minimum absolute atomic E-state index is 0.320. The van der Waals surface area contributed by atoms with Crippen LogP contribution >= 0.6 is 11.6 Å². The van der Waals surface area contributed by atoms with Gasteiger partial charge in [0, 0.05) is 28.7 Å². The van der Waals surface area contributed by atoms with Crippen molar-refractivity contribution >= 4 is 23.2 Å². The van der Waals surface area contributed by atoms with E-state index in [0.29, 0.717) is 27.7 Å². The van der Waals surface area contributed by atoms with Crippen molar-refractivity contribution in [2.45, 2.75) is 6.92 Å². The molecule has 0 aliphatic rings. The van der Waals surface area contributed by atoms with Gasteiger partial charge in [0.1, 0.15) is 5.82 Å². The van der Waals surface area contributed by atoms with E-state index in [1.165, 1.54) is 24.5 Å². The number of nitrogens with one attached hydrogen (secondary N) is 1. The summed E-state index contributed by atoms with van der Waals surface area (Å²) in [6.45, 7) is 1.83. The highest BCUT2D eigenvalue weighted by Crippen LogP contribution is 2.23. The van der Waals surface area contributed by atoms with E-state index in [1.54, 1.807) is 30.3 Å². The zero-order valence-electron chi connectivity index (χ0n) is 12.8. The Morgan fingerprint density at radius 2 is 1.75 bits per heavy atom. The maximum absolute atomic E-state index is 12.9. The van der Waals surface area contributed by atoms with Gasteiger partial charge in [0.15, 0.2) is 5.82 Å². The highest BCUT2D eigenvalue weighted by molar-refractivity contribution is 6.31. The number of hydrogen-bond acceptors (Lipinski definition) is 3. The molecule has 1 N–H and O–H groups in total. The molecule has 1 heterocycles. The van der Waals surface area contributed by atoms with Gasteiger partial charge in [-0.2, -0.15) is 0 Å². The van der Waals surface area contributed by atoms with Crippen molar-refractivity contribution in [3.63, 3.8) is 0 Å². The summed E-state index contributed by atoms with van der Waals surface area (Å²) in [5, 5.41) is 3.36. The lowest BCUT2D eigenvalue weighted by atomic mass is 10.2. The summed E-state index contributed by atoms with van der Waals surface area (Å²) in [5.74, 6) is -0.233. The molecule has 4 nitrogen and oxygen atoms in total. The maximum Gasteiger partial charge on any atom is 0.258 e. The average molecular weight is 342 g/mol. The Labute approximate surface area is 143 Å². The number of hydrogen-bond donors (Lipinski definition) is 1. The quantitative estimate of drug-likeness (QED) is 0.763. The second kappa shape index (κ2) is 6.76. The average Bonchev–Trinajstić information content (AvgIpc) is 2.60. The molecule has 0 radical (unpaired) electrons. The Morgan fingerprint density at radius 3 is 2.42 bits per heavy atom. The van der Waals surface area contributed by atoms with Crippen molar-refractivity contribution in [3.05, 3.63) is 76.8 Å². The van der Waals surface area contributed by atoms with E-state index >= 15 is 0 Å². The predicted octanol–water partition coefficient (Wildman–Crippen LogP) is 4.50. The van der Waals surface area contributed by atoms with Crippen LogP contribution in [0.15, 0.2) is 54.9 Å². The number of amides is 1. The summed E-state index contributed by atoms with van der Waals surface area (Å²) in [6, 6.07) is 11.1. The minimum Gasteiger partial charge on any atom is -0.322 e. The molecule has 3 aromatic rings. The number of aromatic nitrogens is 2. The van der Waals surface area contributed by atoms with Gasteiger partial charge in [-0.15, -0.1) is 0 Å². The van der Waals surface area contributed by atoms with Crippen LogP contribution in [0.1, 0.15) is 15.9 Å². The summed E-state index contributed by atoms with van der Waals surface area (Å²) in [6.07, 6.45) is 2.86. The summed E-state index contributed by atoms with van der Waals surface area (Å²) < 4.78 is 12.9. The second-order valence-corrected chi connectivity index (χ2v) is 5.58. The molecule has 1 aromatic heterocycles. The Hall–Kier alpha value is -2.79. The molecule has 6 heteroatoms. The molecule has 0 saturated carbocycles. The number of nitrogens with zero attached hydrogens (tertiary/aromatic N) is 2. The molecule has 0 saturated heterocycles. The lowest BCUT2D eigenvalue weighted by molar-refractivity contribution is 0.102. The van der Waals surface area contributed by atoms with Crippen LogP contribution in [0.3, 0.4) is 0 Å². The Kier molecular flexibility index (Phi) is 4.53. The molecule has 0 aliphatic heterocycles. The fraction of sp³-hybridized carbons (Fsp3) is 0.0556. The van der Waals surface area contributed by atoms with Crippen molar-refractivity contribution in [1.82, 2.24) is 9.97 Å². The van der Waals surface area contributed by atoms with Crippen molar-refractivity contribution in [1.29, 1.82) is 0 Å². The largest absolute Gasteiger partial charge is 0.322 e. The zero-order valence-corrected chi connectivity index (χ0v) is 13.5. The summed E-state index contributed by atoms with van der Waals surface area (Å²) in [5.41, 5.74) is 2.42. The molecule has 0 fully saturated rings. The van der Waals surface area contributed by atoms with Crippen LogP contribution in [-0.2, 0) is 0 Å². The number of rotatable bonds is 3. The van der Waals surface area contributed by atoms with E-state index in [1.807, 2.05) is 6.92 Å². The highest BCUT2D eigenvalue weighted by atomic mass is 35.5. The normalized spacial score (nSPS) is 10.5. The molecule has 2 aromatic carbocycles. The van der Waals surface area contributed by atoms with E-state index < -0.39 is 0 Å². The van der Waals surface area contributed by atoms with E-state index in [4.69, 9.17) is 11.6 Å². The van der Waals surface area contributed by atoms with Gasteiger partial charge in [0.05, 0.1) is 5.56 Å². The van der Waals surface area contributed by atoms with E-state index in [2.05, 4.69) is 15.3 Å². The molecule has 0 spiro atoms. The van der Waals surface area contributed by atoms with E-state index in [0.717, 1.165) is 5.56 Å². The van der Waals surface area contributed by atoms with Crippen LogP contribution in [-0.4, -0.2) is 15.9 Å². The fourth-order valence-electron chi connectivity index (χ4n) is 2.13. The third kappa shape index (κ3) is 3.41. The first-order valence-electron chi connectivity index (χ1n) is 7.19. The lowest BCUT2D eigenvalue weighted by Gasteiger charge is -2.09. The molecule has 0 unspecified atom stereocenters. The van der Waals surface area contributed by atoms with Gasteiger partial charge in [-0.1, -0.05) is 17.7 Å². The molecule has 0 bridgehead atoms. The van der Waals surface area contributed by atoms with E-state index in [-0.39, 0.29) is 11.7 Å². The van der Waals surface area contributed by atoms with E-state index in [9.17, 15) is 9.18 Å². The van der Waals surface area contributed by atoms with Gasteiger partial charge in [-0.05, 0) is 48.9 Å². The topological polar surface area (TPSA) is 54.9 Å². The number of anilines is 1. The number of halogens is 2. The molecular weight excluding hydrogens is 329 g/mol. The van der Waals surface area contributed by atoms with Crippen molar-refractivity contribution < 1.29 is 9.18 Å². The molecule has 1 amide bonds. The minimum atomic E-state index is -0.328. The van der Waals surface area contributed by atoms with Crippen molar-refractivity contribution in [3.8, 4) is 11.4 Å². The molecule has 3 rings (SSSR count). The zero-order chi connectivity index (χ0) is 17.1. The number of carbonyl (C=O) groups is 1. The third-order valence-electron chi connectivity index (χ3n) is 3.53. The molecular formula is C18H13ClFN3O. The van der Waals surface area contributed by atoms with Crippen LogP contribution in [0, 0.1) is 12.7 Å². The fourth-order valence-corrected chi connectivity index (χ4v) is 2.31. The third-order valence-corrected chi connectivity index (χ3v) is 3.94. The number of carbonyl (C=O) groups excluding carboxylic acids is 1. The van der Waals surface area contributed by atoms with Crippen LogP contribution < -0.4 is 5.32 Å². The van der Waals surface area contributed by atoms with Crippen LogP contribution in [0.25, 0.3) is 11.4 Å². The monoisotopic (exact) mass is 341 g/mol. The van der Waals surface area contributed by atoms with Crippen LogP contribution in [0.5, 0.6) is 0 Å². The Morgan fingerprint density at radius 1 is 1.08 bits per heavy atom. The summed E-state index contributed by atoms with van der Waals surface area (Å²) in [7, 11) is 0. The highest BCUT2D eigenvalue weighted by Gasteiger charge is 2.11. The van der Waals surface area contributed by atoms with Gasteiger partial charge in [-0.3, -0.25) is 4.79 Å².